The summed E-state index contributed by atoms with van der Waals surface area (Å²) in [6.07, 6.45) is 1.76. The monoisotopic (exact) mass is 323 g/mol. The summed E-state index contributed by atoms with van der Waals surface area (Å²) < 4.78 is 4.88. The van der Waals surface area contributed by atoms with Crippen molar-refractivity contribution in [2.24, 2.45) is 0 Å². The van der Waals surface area contributed by atoms with Crippen LogP contribution in [0.3, 0.4) is 0 Å². The topological polar surface area (TPSA) is 111 Å². The van der Waals surface area contributed by atoms with Crippen LogP contribution in [0.1, 0.15) is 37.0 Å². The van der Waals surface area contributed by atoms with Crippen molar-refractivity contribution in [3.8, 4) is 0 Å². The van der Waals surface area contributed by atoms with Gasteiger partial charge in [0.25, 0.3) is 11.6 Å². The maximum atomic E-state index is 11.9. The summed E-state index contributed by atoms with van der Waals surface area (Å²) >= 11 is 0. The lowest BCUT2D eigenvalue weighted by atomic mass is 10.1. The number of nitro benzene ring substituents is 1. The van der Waals surface area contributed by atoms with Gasteiger partial charge in [0.05, 0.1) is 10.5 Å². The number of amides is 1. The molecule has 1 aromatic carbocycles. The first-order valence-electron chi connectivity index (χ1n) is 7.31. The highest BCUT2D eigenvalue weighted by atomic mass is 16.6. The molecule has 8 nitrogen and oxygen atoms in total. The van der Waals surface area contributed by atoms with Gasteiger partial charge in [-0.3, -0.25) is 14.9 Å². The van der Waals surface area contributed by atoms with E-state index in [4.69, 9.17) is 4.74 Å². The minimum atomic E-state index is -0.783. The third-order valence-corrected chi connectivity index (χ3v) is 3.16. The Morgan fingerprint density at radius 3 is 2.65 bits per heavy atom. The second-order valence-corrected chi connectivity index (χ2v) is 5.07. The Morgan fingerprint density at radius 2 is 2.09 bits per heavy atom. The average Bonchev–Trinajstić information content (AvgIpc) is 2.52. The van der Waals surface area contributed by atoms with E-state index in [-0.39, 0.29) is 23.0 Å². The lowest BCUT2D eigenvalue weighted by molar-refractivity contribution is -0.384. The molecule has 1 aromatic rings. The molecule has 0 fully saturated rings. The van der Waals surface area contributed by atoms with E-state index in [0.29, 0.717) is 0 Å². The van der Waals surface area contributed by atoms with Crippen LogP contribution in [-0.2, 0) is 9.53 Å². The van der Waals surface area contributed by atoms with Crippen molar-refractivity contribution in [3.05, 3.63) is 33.9 Å². The molecule has 1 atom stereocenters. The normalized spacial score (nSPS) is 11.4. The molecule has 0 saturated carbocycles. The molecule has 0 saturated heterocycles. The van der Waals surface area contributed by atoms with Crippen LogP contribution in [0, 0.1) is 10.1 Å². The first-order chi connectivity index (χ1) is 10.9. The number of nitrogens with zero attached hydrogens (tertiary/aromatic N) is 1. The number of ether oxygens (including phenoxy) is 1. The van der Waals surface area contributed by atoms with Crippen molar-refractivity contribution in [3.63, 3.8) is 0 Å². The van der Waals surface area contributed by atoms with Gasteiger partial charge in [-0.1, -0.05) is 13.3 Å². The fourth-order valence-electron chi connectivity index (χ4n) is 2.06. The Balaban J connectivity index is 2.66. The van der Waals surface area contributed by atoms with Crippen molar-refractivity contribution < 1.29 is 19.2 Å². The summed E-state index contributed by atoms with van der Waals surface area (Å²) in [6.45, 7) is 3.45. The molecule has 23 heavy (non-hydrogen) atoms. The minimum absolute atomic E-state index is 0.00204. The number of hydrogen-bond acceptors (Lipinski definition) is 6. The number of anilines is 1. The third kappa shape index (κ3) is 5.57. The van der Waals surface area contributed by atoms with Crippen LogP contribution >= 0.6 is 0 Å². The van der Waals surface area contributed by atoms with Gasteiger partial charge in [-0.25, -0.2) is 4.79 Å². The molecule has 0 unspecified atom stereocenters. The standard InChI is InChI=1S/C15H21N3O5/c1-4-5-10(2)17-14(19)9-23-15(20)11-6-7-12(16-3)13(8-11)18(21)22/h6-8,10,16H,4-5,9H2,1-3H3,(H,17,19)/t10-/m0/s1. The number of carbonyl (C=O) groups is 2. The first kappa shape index (κ1) is 18.4. The highest BCUT2D eigenvalue weighted by molar-refractivity contribution is 5.93. The Morgan fingerprint density at radius 1 is 1.39 bits per heavy atom. The van der Waals surface area contributed by atoms with Gasteiger partial charge >= 0.3 is 5.97 Å². The number of rotatable bonds is 8. The van der Waals surface area contributed by atoms with Gasteiger partial charge in [0.1, 0.15) is 5.69 Å². The maximum Gasteiger partial charge on any atom is 0.338 e. The van der Waals surface area contributed by atoms with Crippen LogP contribution in [0.2, 0.25) is 0 Å². The van der Waals surface area contributed by atoms with Crippen LogP contribution < -0.4 is 10.6 Å². The summed E-state index contributed by atoms with van der Waals surface area (Å²) in [5.41, 5.74) is 0.0748. The van der Waals surface area contributed by atoms with Crippen molar-refractivity contribution in [2.75, 3.05) is 19.0 Å². The van der Waals surface area contributed by atoms with Gasteiger partial charge in [-0.05, 0) is 25.5 Å². The molecule has 8 heteroatoms. The van der Waals surface area contributed by atoms with E-state index in [1.165, 1.54) is 12.1 Å². The smallest absolute Gasteiger partial charge is 0.338 e. The Kier molecular flexibility index (Phi) is 6.98. The van der Waals surface area contributed by atoms with Crippen molar-refractivity contribution in [1.82, 2.24) is 5.32 Å². The fraction of sp³-hybridized carbons (Fsp3) is 0.467. The van der Waals surface area contributed by atoms with Crippen molar-refractivity contribution in [1.29, 1.82) is 0 Å². The zero-order valence-electron chi connectivity index (χ0n) is 13.4. The molecule has 0 radical (unpaired) electrons. The zero-order chi connectivity index (χ0) is 17.4. The average molecular weight is 323 g/mol. The number of nitro groups is 1. The molecule has 2 N–H and O–H groups in total. The molecule has 0 spiro atoms. The van der Waals surface area contributed by atoms with Gasteiger partial charge in [-0.2, -0.15) is 0 Å². The number of nitrogens with one attached hydrogen (secondary N) is 2. The minimum Gasteiger partial charge on any atom is -0.452 e. The summed E-state index contributed by atoms with van der Waals surface area (Å²) in [7, 11) is 1.54. The maximum absolute atomic E-state index is 11.9. The predicted molar refractivity (Wildman–Crippen MR) is 85.4 cm³/mol. The molecule has 1 amide bonds. The quantitative estimate of drug-likeness (QED) is 0.430. The second kappa shape index (κ2) is 8.72. The van der Waals surface area contributed by atoms with E-state index in [9.17, 15) is 19.7 Å². The van der Waals surface area contributed by atoms with Crippen LogP contribution in [0.4, 0.5) is 11.4 Å². The second-order valence-electron chi connectivity index (χ2n) is 5.07. The summed E-state index contributed by atoms with van der Waals surface area (Å²) in [5.74, 6) is -1.19. The van der Waals surface area contributed by atoms with Gasteiger partial charge < -0.3 is 15.4 Å². The summed E-state index contributed by atoms with van der Waals surface area (Å²) in [6, 6.07) is 3.94. The molecule has 0 aliphatic heterocycles. The molecule has 0 aliphatic carbocycles. The molecule has 126 valence electrons. The molecular weight excluding hydrogens is 302 g/mol. The van der Waals surface area contributed by atoms with E-state index in [0.717, 1.165) is 18.9 Å². The summed E-state index contributed by atoms with van der Waals surface area (Å²) in [5, 5.41) is 16.3. The lowest BCUT2D eigenvalue weighted by Gasteiger charge is -2.12. The molecule has 0 heterocycles. The van der Waals surface area contributed by atoms with Crippen LogP contribution in [0.25, 0.3) is 0 Å². The number of carbonyl (C=O) groups excluding carboxylic acids is 2. The van der Waals surface area contributed by atoms with E-state index in [1.807, 2.05) is 13.8 Å². The van der Waals surface area contributed by atoms with Gasteiger partial charge in [-0.15, -0.1) is 0 Å². The Bertz CT molecular complexity index is 588. The van der Waals surface area contributed by atoms with Crippen molar-refractivity contribution >= 4 is 23.3 Å². The van der Waals surface area contributed by atoms with Gasteiger partial charge in [0.15, 0.2) is 6.61 Å². The van der Waals surface area contributed by atoms with Gasteiger partial charge in [0, 0.05) is 19.2 Å². The van der Waals surface area contributed by atoms with Crippen LogP contribution in [0.15, 0.2) is 18.2 Å². The van der Waals surface area contributed by atoms with Crippen LogP contribution in [-0.4, -0.2) is 36.5 Å². The molecule has 0 aromatic heterocycles. The van der Waals surface area contributed by atoms with Gasteiger partial charge in [0.2, 0.25) is 0 Å². The molecule has 1 rings (SSSR count). The highest BCUT2D eigenvalue weighted by Crippen LogP contribution is 2.25. The SMILES string of the molecule is CCC[C@H](C)NC(=O)COC(=O)c1ccc(NC)c([N+](=O)[O-])c1. The fourth-order valence-corrected chi connectivity index (χ4v) is 2.06. The third-order valence-electron chi connectivity index (χ3n) is 3.16. The summed E-state index contributed by atoms with van der Waals surface area (Å²) in [4.78, 5) is 33.9. The molecule has 0 bridgehead atoms. The number of benzene rings is 1. The van der Waals surface area contributed by atoms with Crippen LogP contribution in [0.5, 0.6) is 0 Å². The predicted octanol–water partition coefficient (Wildman–Crippen LogP) is 2.10. The van der Waals surface area contributed by atoms with E-state index in [1.54, 1.807) is 7.05 Å². The largest absolute Gasteiger partial charge is 0.452 e. The van der Waals surface area contributed by atoms with E-state index >= 15 is 0 Å². The van der Waals surface area contributed by atoms with E-state index < -0.39 is 23.4 Å². The Hall–Kier alpha value is -2.64. The lowest BCUT2D eigenvalue weighted by Crippen LogP contribution is -2.35. The van der Waals surface area contributed by atoms with Crippen molar-refractivity contribution in [2.45, 2.75) is 32.7 Å². The Labute approximate surface area is 134 Å². The van der Waals surface area contributed by atoms with E-state index in [2.05, 4.69) is 10.6 Å². The highest BCUT2D eigenvalue weighted by Gasteiger charge is 2.18. The first-order valence-corrected chi connectivity index (χ1v) is 7.31. The number of hydrogen-bond donors (Lipinski definition) is 2. The number of esters is 1. The molecule has 0 aliphatic rings. The zero-order valence-corrected chi connectivity index (χ0v) is 13.4. The molecular formula is C15H21N3O5.